The Kier molecular flexibility index (Phi) is 26.3. The van der Waals surface area contributed by atoms with E-state index >= 15 is 4.39 Å². The smallest absolute Gasteiger partial charge is 0.334 e. The minimum Gasteiger partial charge on any atom is -0.462 e. The molecule has 478 valence electrons. The van der Waals surface area contributed by atoms with E-state index < -0.39 is 126 Å². The number of halogens is 4. The Balaban J connectivity index is 1.33. The van der Waals surface area contributed by atoms with E-state index in [-0.39, 0.29) is 90.4 Å². The third-order valence-electron chi connectivity index (χ3n) is 16.5. The molecule has 0 unspecified atom stereocenters. The van der Waals surface area contributed by atoms with E-state index in [1.165, 1.54) is 26.0 Å². The summed E-state index contributed by atoms with van der Waals surface area (Å²) in [5.74, 6) is -7.78. The summed E-state index contributed by atoms with van der Waals surface area (Å²) in [6.45, 7) is 15.8. The van der Waals surface area contributed by atoms with E-state index in [1.54, 1.807) is 53.0 Å². The third-order valence-corrected chi connectivity index (χ3v) is 18.0. The lowest BCUT2D eigenvalue weighted by atomic mass is 9.78. The number of hydrogen-bond donors (Lipinski definition) is 4. The van der Waals surface area contributed by atoms with Gasteiger partial charge in [0.05, 0.1) is 52.9 Å². The monoisotopic (exact) mass is 1320 g/mol. The number of aryl methyl sites for hydroxylation is 1. The zero-order valence-corrected chi connectivity index (χ0v) is 54.3. The number of nitrogens with one attached hydrogen (secondary N) is 2. The first kappa shape index (κ1) is 71.7. The maximum Gasteiger partial charge on any atom is 0.334 e. The van der Waals surface area contributed by atoms with E-state index in [0.717, 1.165) is 28.2 Å². The number of nitrogens with two attached hydrogens (primary N) is 1. The van der Waals surface area contributed by atoms with E-state index in [2.05, 4.69) is 33.1 Å². The second-order valence-electron chi connectivity index (χ2n) is 23.6. The second kappa shape index (κ2) is 31.9. The standard InChI is InChI=1S/C63H83BrCl2FN5O15/c1-34(2)43(28-42(73)18-13-12-14-22-84-59(79)37(5)33-64)57(77)70-47(19-16-21-69-61(68)81)49(74)27-41-26-45(65)44(29-46(41)67)58(78)71(9)39(7)60(80)86-52-30-53(75)72(10)48-25-40(24-36(4)55(48)66)23-35(3)17-15-20-51(83-11)63(82)31-50(85-54(76)32-63)38(6)56-62(52,8)87-56/h15,17,20,24-26,29,34,38-39,43,47,50-52,56,82H,5,12-14,16,18-19,21-23,27-28,30-33H2,1-4,6-11H3,(H,70,77)(H3,68,69,81)/b20-15+,35-17+/t38-,39+,43+,47+,50+,51-,52+,56+,62+,63-/m1/s1. The largest absolute Gasteiger partial charge is 0.462 e. The molecular weight excluding hydrogens is 1240 g/mol. The topological polar surface area (TPSA) is 280 Å². The van der Waals surface area contributed by atoms with Gasteiger partial charge >= 0.3 is 23.9 Å². The number of carbonyl (C=O) groups is 9. The van der Waals surface area contributed by atoms with Gasteiger partial charge in [0, 0.05) is 76.2 Å². The predicted molar refractivity (Wildman–Crippen MR) is 329 cm³/mol. The Bertz CT molecular complexity index is 3000. The van der Waals surface area contributed by atoms with Crippen molar-refractivity contribution in [2.45, 2.75) is 173 Å². The van der Waals surface area contributed by atoms with Crippen LogP contribution in [0, 0.1) is 30.5 Å². The number of alkyl halides is 1. The van der Waals surface area contributed by atoms with Crippen molar-refractivity contribution < 1.29 is 76.3 Å². The van der Waals surface area contributed by atoms with E-state index in [1.807, 2.05) is 26.0 Å². The highest BCUT2D eigenvalue weighted by Crippen LogP contribution is 2.50. The molecule has 0 radical (unpaired) electrons. The summed E-state index contributed by atoms with van der Waals surface area (Å²) in [6, 6.07) is 2.21. The number of carbonyl (C=O) groups excluding carboxylic acids is 9. The summed E-state index contributed by atoms with van der Waals surface area (Å²) in [4.78, 5) is 123. The van der Waals surface area contributed by atoms with Crippen LogP contribution in [0.5, 0.6) is 0 Å². The SMILES string of the molecule is C=C(CBr)C(=O)OCCCCCC(=O)C[C@H](C(=O)N[C@@H](CCCNC(N)=O)C(=O)Cc1cc(Cl)c(C(=O)N(C)[C@@H](C)C(=O)O[C@H]2CC(=O)N(C)c3cc(cc(C)c3Cl)C/C(C)=C/C=C/[C@@H](OC)[C@]3(O)CC(=O)O[C@@H](C3)[C@@H](C)[C@@H]3O[C@@]23C)cc1F)C(C)C. The van der Waals surface area contributed by atoms with E-state index in [0.29, 0.717) is 42.0 Å². The average molecular weight is 1320 g/mol. The number of primary amides is 1. The number of ketones is 2. The van der Waals surface area contributed by atoms with Crippen molar-refractivity contribution in [2.75, 3.05) is 44.6 Å². The second-order valence-corrected chi connectivity index (χ2v) is 24.9. The first-order valence-electron chi connectivity index (χ1n) is 29.1. The fourth-order valence-corrected chi connectivity index (χ4v) is 11.6. The van der Waals surface area contributed by atoms with Crippen LogP contribution in [0.15, 0.2) is 60.2 Å². The minimum absolute atomic E-state index is 0.00816. The van der Waals surface area contributed by atoms with Gasteiger partial charge in [-0.25, -0.2) is 18.8 Å². The average Bonchev–Trinajstić information content (AvgIpc) is 1.61. The Morgan fingerprint density at radius 2 is 1.75 bits per heavy atom. The third kappa shape index (κ3) is 19.2. The van der Waals surface area contributed by atoms with Gasteiger partial charge in [-0.3, -0.25) is 28.8 Å². The molecule has 0 aromatic heterocycles. The number of likely N-dealkylation sites (N-methyl/N-ethyl adjacent to an activating group) is 1. The number of esters is 3. The number of fused-ring (bicyclic) bond motifs is 5. The summed E-state index contributed by atoms with van der Waals surface area (Å²) < 4.78 is 45.5. The van der Waals surface area contributed by atoms with Gasteiger partial charge in [0.2, 0.25) is 11.8 Å². The number of rotatable bonds is 25. The van der Waals surface area contributed by atoms with Crippen molar-refractivity contribution in [3.05, 3.63) is 98.3 Å². The summed E-state index contributed by atoms with van der Waals surface area (Å²) >= 11 is 16.7. The Labute approximate surface area is 526 Å². The van der Waals surface area contributed by atoms with Crippen LogP contribution in [0.1, 0.15) is 133 Å². The lowest BCUT2D eigenvalue weighted by Gasteiger charge is -2.41. The van der Waals surface area contributed by atoms with Crippen LogP contribution in [0.2, 0.25) is 10.0 Å². The number of hydrogen-bond acceptors (Lipinski definition) is 15. The summed E-state index contributed by atoms with van der Waals surface area (Å²) in [7, 11) is 4.25. The van der Waals surface area contributed by atoms with Crippen molar-refractivity contribution in [3.8, 4) is 0 Å². The van der Waals surface area contributed by atoms with Crippen LogP contribution in [-0.4, -0.2) is 151 Å². The number of methoxy groups -OCH3 is 1. The fraction of sp³-hybridized carbons (Fsp3) is 0.571. The van der Waals surface area contributed by atoms with Crippen LogP contribution in [-0.2, 0) is 70.1 Å². The number of epoxide rings is 1. The fourth-order valence-electron chi connectivity index (χ4n) is 10.9. The van der Waals surface area contributed by atoms with Gasteiger partial charge in [-0.1, -0.05) is 96.3 Å². The highest BCUT2D eigenvalue weighted by Gasteiger charge is 2.64. The van der Waals surface area contributed by atoms with E-state index in [9.17, 15) is 48.3 Å². The molecule has 2 saturated heterocycles. The highest BCUT2D eigenvalue weighted by molar-refractivity contribution is 9.09. The van der Waals surface area contributed by atoms with Crippen LogP contribution < -0.4 is 21.3 Å². The first-order valence-corrected chi connectivity index (χ1v) is 31.0. The number of ether oxygens (including phenoxy) is 5. The van der Waals surface area contributed by atoms with Crippen molar-refractivity contribution in [2.24, 2.45) is 23.5 Å². The molecule has 20 nitrogen and oxygen atoms in total. The van der Waals surface area contributed by atoms with Crippen molar-refractivity contribution in [1.82, 2.24) is 15.5 Å². The van der Waals surface area contributed by atoms with E-state index in [4.69, 9.17) is 52.6 Å². The Morgan fingerprint density at radius 3 is 2.40 bits per heavy atom. The van der Waals surface area contributed by atoms with Crippen LogP contribution in [0.4, 0.5) is 14.9 Å². The molecule has 2 aromatic rings. The number of unbranched alkanes of at least 4 members (excludes halogenated alkanes) is 2. The first-order chi connectivity index (χ1) is 40.8. The summed E-state index contributed by atoms with van der Waals surface area (Å²) in [5, 5.41) is 17.5. The van der Waals surface area contributed by atoms with Gasteiger partial charge in [0.15, 0.2) is 5.78 Å². The number of aliphatic hydroxyl groups is 1. The predicted octanol–water partition coefficient (Wildman–Crippen LogP) is 8.50. The highest BCUT2D eigenvalue weighted by atomic mass is 79.9. The van der Waals surface area contributed by atoms with Gasteiger partial charge in [0.1, 0.15) is 47.2 Å². The molecule has 3 aliphatic rings. The van der Waals surface area contributed by atoms with Gasteiger partial charge in [-0.05, 0) is 107 Å². The molecule has 3 aliphatic heterocycles. The summed E-state index contributed by atoms with van der Waals surface area (Å²) in [5.41, 5.74) is 4.73. The lowest BCUT2D eigenvalue weighted by molar-refractivity contribution is -0.187. The number of urea groups is 1. The number of benzene rings is 2. The van der Waals surface area contributed by atoms with Crippen LogP contribution in [0.25, 0.3) is 0 Å². The summed E-state index contributed by atoms with van der Waals surface area (Å²) in [6.07, 6.45) is 2.22. The molecule has 5 rings (SSSR count). The molecule has 0 aliphatic carbocycles. The number of Topliss-reactive ketones (excluding diaryl/α,β-unsaturated/α-hetero) is 2. The molecule has 2 fully saturated rings. The quantitative estimate of drug-likeness (QED) is 0.0181. The van der Waals surface area contributed by atoms with Gasteiger partial charge in [0.25, 0.3) is 5.91 Å². The number of nitrogens with zero attached hydrogens (tertiary/aromatic N) is 2. The van der Waals surface area contributed by atoms with Crippen LogP contribution >= 0.6 is 39.1 Å². The molecule has 0 spiro atoms. The molecule has 3 heterocycles. The number of allylic oxidation sites excluding steroid dienone is 3. The maximum atomic E-state index is 16.3. The van der Waals surface area contributed by atoms with Crippen molar-refractivity contribution in [1.29, 1.82) is 0 Å². The molecule has 5 N–H and O–H groups in total. The van der Waals surface area contributed by atoms with Gasteiger partial charge < -0.3 is 55.0 Å². The molecule has 0 saturated carbocycles. The number of amides is 5. The molecule has 5 amide bonds. The molecule has 87 heavy (non-hydrogen) atoms. The Hall–Kier alpha value is -6.04. The zero-order chi connectivity index (χ0) is 64.8. The molecular formula is C63H83BrCl2FN5O15. The van der Waals surface area contributed by atoms with Crippen molar-refractivity contribution >= 4 is 98.0 Å². The zero-order valence-electron chi connectivity index (χ0n) is 51.2. The molecule has 24 heteroatoms. The maximum absolute atomic E-state index is 16.3. The van der Waals surface area contributed by atoms with Gasteiger partial charge in [-0.15, -0.1) is 0 Å². The minimum atomic E-state index is -1.68. The number of anilines is 1. The lowest BCUT2D eigenvalue weighted by Crippen LogP contribution is -2.53. The van der Waals surface area contributed by atoms with Gasteiger partial charge in [-0.2, -0.15) is 0 Å². The normalized spacial score (nSPS) is 24.2. The van der Waals surface area contributed by atoms with Crippen molar-refractivity contribution in [3.63, 3.8) is 0 Å². The molecule has 4 bridgehead atoms. The van der Waals surface area contributed by atoms with Crippen LogP contribution in [0.3, 0.4) is 0 Å². The Morgan fingerprint density at radius 1 is 1.05 bits per heavy atom. The molecule has 2 aromatic carbocycles. The molecule has 10 atom stereocenters.